The van der Waals surface area contributed by atoms with Crippen LogP contribution in [-0.4, -0.2) is 37.1 Å². The van der Waals surface area contributed by atoms with E-state index in [1.807, 2.05) is 21.7 Å². The van der Waals surface area contributed by atoms with Crippen LogP contribution in [0, 0.1) is 0 Å². The van der Waals surface area contributed by atoms with Gasteiger partial charge in [-0.3, -0.25) is 19.4 Å². The molecule has 0 fully saturated rings. The molecule has 0 radical (unpaired) electrons. The molecule has 120 valence electrons. The lowest BCUT2D eigenvalue weighted by molar-refractivity contribution is 0.0745. The molecule has 3 aromatic heterocycles. The second-order valence-corrected chi connectivity index (χ2v) is 5.80. The number of nitrogens with zero attached hydrogens (tertiary/aromatic N) is 5. The summed E-state index contributed by atoms with van der Waals surface area (Å²) in [6, 6.07) is 9.47. The summed E-state index contributed by atoms with van der Waals surface area (Å²) in [4.78, 5) is 22.6. The average Bonchev–Trinajstić information content (AvgIpc) is 2.94. The molecule has 0 aliphatic carbocycles. The van der Waals surface area contributed by atoms with Crippen LogP contribution >= 0.6 is 0 Å². The SMILES string of the molecule is O=C(c1ccncc1)N1CCCn2nc(-c3ccncc3)cc2C1. The number of aryl methyl sites for hydroxylation is 1. The molecule has 0 saturated carbocycles. The van der Waals surface area contributed by atoms with Crippen LogP contribution in [0.25, 0.3) is 11.3 Å². The Morgan fingerprint density at radius 3 is 2.42 bits per heavy atom. The molecule has 0 unspecified atom stereocenters. The first-order valence-corrected chi connectivity index (χ1v) is 7.98. The van der Waals surface area contributed by atoms with Crippen LogP contribution < -0.4 is 0 Å². The van der Waals surface area contributed by atoms with Crippen molar-refractivity contribution in [2.24, 2.45) is 0 Å². The van der Waals surface area contributed by atoms with E-state index in [-0.39, 0.29) is 5.91 Å². The Labute approximate surface area is 139 Å². The molecule has 3 aromatic rings. The van der Waals surface area contributed by atoms with Crippen LogP contribution in [0.3, 0.4) is 0 Å². The van der Waals surface area contributed by atoms with E-state index in [4.69, 9.17) is 0 Å². The van der Waals surface area contributed by atoms with Gasteiger partial charge in [-0.25, -0.2) is 0 Å². The Balaban J connectivity index is 1.61. The van der Waals surface area contributed by atoms with E-state index in [1.54, 1.807) is 36.9 Å². The minimum Gasteiger partial charge on any atom is -0.333 e. The second-order valence-electron chi connectivity index (χ2n) is 5.80. The average molecular weight is 319 g/mol. The van der Waals surface area contributed by atoms with Crippen LogP contribution in [0.15, 0.2) is 55.1 Å². The summed E-state index contributed by atoms with van der Waals surface area (Å²) in [5, 5.41) is 4.69. The monoisotopic (exact) mass is 319 g/mol. The normalized spacial score (nSPS) is 14.1. The van der Waals surface area contributed by atoms with Gasteiger partial charge in [-0.05, 0) is 36.8 Å². The van der Waals surface area contributed by atoms with E-state index in [0.29, 0.717) is 12.1 Å². The summed E-state index contributed by atoms with van der Waals surface area (Å²) in [6.45, 7) is 2.12. The number of rotatable bonds is 2. The quantitative estimate of drug-likeness (QED) is 0.727. The fourth-order valence-electron chi connectivity index (χ4n) is 2.98. The van der Waals surface area contributed by atoms with Crippen molar-refractivity contribution < 1.29 is 4.79 Å². The van der Waals surface area contributed by atoms with Crippen molar-refractivity contribution in [2.75, 3.05) is 6.54 Å². The van der Waals surface area contributed by atoms with Crippen molar-refractivity contribution in [3.8, 4) is 11.3 Å². The van der Waals surface area contributed by atoms with E-state index in [0.717, 1.165) is 36.5 Å². The molecule has 0 atom stereocenters. The van der Waals surface area contributed by atoms with Gasteiger partial charge < -0.3 is 4.90 Å². The summed E-state index contributed by atoms with van der Waals surface area (Å²) in [5.41, 5.74) is 3.69. The Bertz CT molecular complexity index is 844. The highest BCUT2D eigenvalue weighted by Gasteiger charge is 2.21. The number of hydrogen-bond donors (Lipinski definition) is 0. The largest absolute Gasteiger partial charge is 0.333 e. The summed E-state index contributed by atoms with van der Waals surface area (Å²) < 4.78 is 2.01. The third-order valence-corrected chi connectivity index (χ3v) is 4.20. The number of aromatic nitrogens is 4. The lowest BCUT2D eigenvalue weighted by atomic mass is 10.2. The molecule has 0 spiro atoms. The summed E-state index contributed by atoms with van der Waals surface area (Å²) in [6.07, 6.45) is 7.72. The van der Waals surface area contributed by atoms with Crippen molar-refractivity contribution in [1.82, 2.24) is 24.6 Å². The lowest BCUT2D eigenvalue weighted by Crippen LogP contribution is -2.30. The zero-order valence-corrected chi connectivity index (χ0v) is 13.2. The summed E-state index contributed by atoms with van der Waals surface area (Å²) >= 11 is 0. The van der Waals surface area contributed by atoms with Crippen molar-refractivity contribution in [2.45, 2.75) is 19.5 Å². The molecule has 1 aliphatic heterocycles. The minimum atomic E-state index is 0.0394. The molecule has 0 saturated heterocycles. The number of carbonyl (C=O) groups is 1. The maximum atomic E-state index is 12.7. The Kier molecular flexibility index (Phi) is 3.78. The van der Waals surface area contributed by atoms with Crippen LogP contribution in [0.4, 0.5) is 0 Å². The maximum absolute atomic E-state index is 12.7. The third-order valence-electron chi connectivity index (χ3n) is 4.20. The number of carbonyl (C=O) groups excluding carboxylic acids is 1. The Hall–Kier alpha value is -3.02. The van der Waals surface area contributed by atoms with Crippen molar-refractivity contribution in [1.29, 1.82) is 0 Å². The molecule has 1 amide bonds. The van der Waals surface area contributed by atoms with Gasteiger partial charge >= 0.3 is 0 Å². The van der Waals surface area contributed by atoms with Crippen LogP contribution in [0.5, 0.6) is 0 Å². The fraction of sp³-hybridized carbons (Fsp3) is 0.222. The number of amides is 1. The first-order valence-electron chi connectivity index (χ1n) is 7.98. The highest BCUT2D eigenvalue weighted by atomic mass is 16.2. The predicted octanol–water partition coefficient (Wildman–Crippen LogP) is 2.39. The number of hydrogen-bond acceptors (Lipinski definition) is 4. The van der Waals surface area contributed by atoms with E-state index in [2.05, 4.69) is 21.1 Å². The van der Waals surface area contributed by atoms with Crippen LogP contribution in [0.1, 0.15) is 22.5 Å². The first kappa shape index (κ1) is 14.6. The van der Waals surface area contributed by atoms with Gasteiger partial charge in [-0.15, -0.1) is 0 Å². The van der Waals surface area contributed by atoms with E-state index >= 15 is 0 Å². The van der Waals surface area contributed by atoms with Gasteiger partial charge in [-0.1, -0.05) is 0 Å². The number of pyridine rings is 2. The van der Waals surface area contributed by atoms with Gasteiger partial charge in [0.2, 0.25) is 0 Å². The molecular weight excluding hydrogens is 302 g/mol. The van der Waals surface area contributed by atoms with Crippen molar-refractivity contribution >= 4 is 5.91 Å². The molecule has 24 heavy (non-hydrogen) atoms. The topological polar surface area (TPSA) is 63.9 Å². The highest BCUT2D eigenvalue weighted by Crippen LogP contribution is 2.22. The molecule has 4 heterocycles. The van der Waals surface area contributed by atoms with Gasteiger partial charge in [0, 0.05) is 49.0 Å². The molecule has 0 bridgehead atoms. The van der Waals surface area contributed by atoms with Crippen LogP contribution in [-0.2, 0) is 13.1 Å². The zero-order chi connectivity index (χ0) is 16.4. The number of fused-ring (bicyclic) bond motifs is 1. The van der Waals surface area contributed by atoms with Gasteiger partial charge in [0.15, 0.2) is 0 Å². The Morgan fingerprint density at radius 2 is 1.67 bits per heavy atom. The maximum Gasteiger partial charge on any atom is 0.254 e. The van der Waals surface area contributed by atoms with Crippen molar-refractivity contribution in [3.63, 3.8) is 0 Å². The smallest absolute Gasteiger partial charge is 0.254 e. The zero-order valence-electron chi connectivity index (χ0n) is 13.2. The second kappa shape index (κ2) is 6.23. The molecule has 4 rings (SSSR count). The van der Waals surface area contributed by atoms with E-state index in [1.165, 1.54) is 0 Å². The molecule has 6 heteroatoms. The Morgan fingerprint density at radius 1 is 0.958 bits per heavy atom. The first-order chi connectivity index (χ1) is 11.8. The van der Waals surface area contributed by atoms with E-state index < -0.39 is 0 Å². The highest BCUT2D eigenvalue weighted by molar-refractivity contribution is 5.94. The summed E-state index contributed by atoms with van der Waals surface area (Å²) in [7, 11) is 0. The summed E-state index contributed by atoms with van der Waals surface area (Å²) in [5.74, 6) is 0.0394. The molecule has 0 N–H and O–H groups in total. The molecule has 0 aromatic carbocycles. The standard InChI is InChI=1S/C18H17N5O/c24-18(15-4-8-20-9-5-15)22-10-1-11-23-16(13-22)12-17(21-23)14-2-6-19-7-3-14/h2-9,12H,1,10-11,13H2. The van der Waals surface area contributed by atoms with Gasteiger partial charge in [0.1, 0.15) is 0 Å². The van der Waals surface area contributed by atoms with Gasteiger partial charge in [0.25, 0.3) is 5.91 Å². The van der Waals surface area contributed by atoms with E-state index in [9.17, 15) is 4.79 Å². The molecule has 1 aliphatic rings. The lowest BCUT2D eigenvalue weighted by Gasteiger charge is -2.19. The fourth-order valence-corrected chi connectivity index (χ4v) is 2.98. The van der Waals surface area contributed by atoms with Crippen LogP contribution in [0.2, 0.25) is 0 Å². The van der Waals surface area contributed by atoms with Gasteiger partial charge in [-0.2, -0.15) is 5.10 Å². The predicted molar refractivity (Wildman–Crippen MR) is 89.1 cm³/mol. The molecule has 6 nitrogen and oxygen atoms in total. The van der Waals surface area contributed by atoms with Gasteiger partial charge in [0.05, 0.1) is 17.9 Å². The van der Waals surface area contributed by atoms with Crippen molar-refractivity contribution in [3.05, 3.63) is 66.4 Å². The molecular formula is C18H17N5O. The third kappa shape index (κ3) is 2.78. The minimum absolute atomic E-state index is 0.0394.